The molecule has 6 heteroatoms. The van der Waals surface area contributed by atoms with Crippen LogP contribution in [-0.2, 0) is 6.42 Å². The van der Waals surface area contributed by atoms with Crippen molar-refractivity contribution >= 4 is 30.0 Å². The lowest BCUT2D eigenvalue weighted by Gasteiger charge is -2.41. The first-order chi connectivity index (χ1) is 8.10. The van der Waals surface area contributed by atoms with Gasteiger partial charge in [0.05, 0.1) is 22.7 Å². The summed E-state index contributed by atoms with van der Waals surface area (Å²) in [5.41, 5.74) is 0.573. The van der Waals surface area contributed by atoms with Crippen LogP contribution in [0.25, 0.3) is 0 Å². The molecular weight excluding hydrogens is 258 g/mol. The number of anilines is 1. The number of aliphatic hydroxyl groups is 1. The second-order valence-electron chi connectivity index (χ2n) is 4.41. The highest BCUT2D eigenvalue weighted by molar-refractivity contribution is 7.80. The van der Waals surface area contributed by atoms with Gasteiger partial charge < -0.3 is 10.4 Å². The third kappa shape index (κ3) is 2.51. The lowest BCUT2D eigenvalue weighted by Crippen LogP contribution is -2.48. The molecule has 0 unspecified atom stereocenters. The van der Waals surface area contributed by atoms with Crippen LogP contribution in [0.15, 0.2) is 4.90 Å². The summed E-state index contributed by atoms with van der Waals surface area (Å²) in [7, 11) is 0. The van der Waals surface area contributed by atoms with Gasteiger partial charge in [-0.15, -0.1) is 12.6 Å². The van der Waals surface area contributed by atoms with Crippen LogP contribution >= 0.6 is 24.2 Å². The molecule has 1 saturated carbocycles. The van der Waals surface area contributed by atoms with E-state index in [0.717, 1.165) is 36.3 Å². The van der Waals surface area contributed by atoms with Crippen molar-refractivity contribution in [2.75, 3.05) is 11.9 Å². The average Bonchev–Trinajstić information content (AvgIpc) is 2.27. The molecule has 1 aliphatic carbocycles. The topological polar surface area (TPSA) is 58.0 Å². The molecule has 0 aromatic carbocycles. The van der Waals surface area contributed by atoms with Crippen LogP contribution in [0.5, 0.6) is 0 Å². The van der Waals surface area contributed by atoms with Crippen molar-refractivity contribution in [2.45, 2.75) is 43.0 Å². The van der Waals surface area contributed by atoms with Crippen molar-refractivity contribution in [1.82, 2.24) is 9.97 Å². The lowest BCUT2D eigenvalue weighted by atomic mass is 9.77. The van der Waals surface area contributed by atoms with Crippen molar-refractivity contribution in [1.29, 1.82) is 0 Å². The third-order valence-corrected chi connectivity index (χ3v) is 3.90. The van der Waals surface area contributed by atoms with Gasteiger partial charge >= 0.3 is 0 Å². The molecule has 0 saturated heterocycles. The highest BCUT2D eigenvalue weighted by atomic mass is 35.5. The van der Waals surface area contributed by atoms with Crippen LogP contribution in [-0.4, -0.2) is 27.2 Å². The predicted molar refractivity (Wildman–Crippen MR) is 71.0 cm³/mol. The van der Waals surface area contributed by atoms with Crippen molar-refractivity contribution < 1.29 is 5.11 Å². The second-order valence-corrected chi connectivity index (χ2v) is 5.19. The fraction of sp³-hybridized carbons (Fsp3) is 0.636. The average molecular weight is 274 g/mol. The van der Waals surface area contributed by atoms with Crippen LogP contribution < -0.4 is 5.32 Å². The number of thiol groups is 1. The number of rotatable bonds is 4. The number of aromatic nitrogens is 2. The maximum absolute atomic E-state index is 9.42. The number of halogens is 1. The van der Waals surface area contributed by atoms with E-state index in [9.17, 15) is 5.11 Å². The van der Waals surface area contributed by atoms with Gasteiger partial charge in [-0.1, -0.05) is 6.92 Å². The van der Waals surface area contributed by atoms with Gasteiger partial charge in [-0.05, 0) is 37.3 Å². The summed E-state index contributed by atoms with van der Waals surface area (Å²) in [6.07, 6.45) is 3.76. The minimum absolute atomic E-state index is 0.100. The molecule has 0 spiro atoms. The Bertz CT molecular complexity index is 418. The molecule has 2 rings (SSSR count). The molecule has 4 nitrogen and oxygen atoms in total. The Balaban J connectivity index is 2.28. The van der Waals surface area contributed by atoms with Gasteiger partial charge in [0.15, 0.2) is 0 Å². The Labute approximate surface area is 111 Å². The molecule has 1 aliphatic rings. The Morgan fingerprint density at radius 2 is 2.18 bits per heavy atom. The first-order valence-corrected chi connectivity index (χ1v) is 6.57. The normalized spacial score (nSPS) is 17.6. The number of aliphatic hydroxyl groups excluding tert-OH is 1. The van der Waals surface area contributed by atoms with Crippen molar-refractivity contribution in [3.05, 3.63) is 11.0 Å². The number of nitrogens with one attached hydrogen (secondary N) is 1. The van der Waals surface area contributed by atoms with Crippen LogP contribution in [0.3, 0.4) is 0 Å². The van der Waals surface area contributed by atoms with Gasteiger partial charge in [0.1, 0.15) is 5.82 Å². The van der Waals surface area contributed by atoms with Gasteiger partial charge in [-0.25, -0.2) is 4.98 Å². The van der Waals surface area contributed by atoms with Crippen LogP contribution in [0.2, 0.25) is 5.28 Å². The summed E-state index contributed by atoms with van der Waals surface area (Å²) in [4.78, 5) is 9.00. The van der Waals surface area contributed by atoms with E-state index in [1.807, 2.05) is 6.92 Å². The summed E-state index contributed by atoms with van der Waals surface area (Å²) in [6.45, 7) is 2.09. The summed E-state index contributed by atoms with van der Waals surface area (Å²) in [6, 6.07) is 0. The smallest absolute Gasteiger partial charge is 0.224 e. The van der Waals surface area contributed by atoms with E-state index in [1.54, 1.807) is 0 Å². The van der Waals surface area contributed by atoms with Gasteiger partial charge in [0.25, 0.3) is 0 Å². The Morgan fingerprint density at radius 1 is 1.47 bits per heavy atom. The fourth-order valence-electron chi connectivity index (χ4n) is 1.98. The minimum atomic E-state index is -0.250. The zero-order valence-electron chi connectivity index (χ0n) is 9.70. The second kappa shape index (κ2) is 5.00. The SMILES string of the molecule is CCc1nc(Cl)nc(NC2(CO)CCC2)c1S. The molecule has 0 aliphatic heterocycles. The molecule has 0 radical (unpaired) electrons. The molecule has 2 N–H and O–H groups in total. The van der Waals surface area contributed by atoms with E-state index in [4.69, 9.17) is 11.6 Å². The highest BCUT2D eigenvalue weighted by Crippen LogP contribution is 2.36. The van der Waals surface area contributed by atoms with Gasteiger partial charge in [-0.3, -0.25) is 0 Å². The highest BCUT2D eigenvalue weighted by Gasteiger charge is 2.37. The maximum atomic E-state index is 9.42. The fourth-order valence-corrected chi connectivity index (χ4v) is 2.48. The summed E-state index contributed by atoms with van der Waals surface area (Å²) in [5, 5.41) is 12.9. The third-order valence-electron chi connectivity index (χ3n) is 3.26. The number of hydrogen-bond donors (Lipinski definition) is 3. The van der Waals surface area contributed by atoms with E-state index < -0.39 is 0 Å². The zero-order valence-corrected chi connectivity index (χ0v) is 11.4. The first-order valence-electron chi connectivity index (χ1n) is 5.74. The summed E-state index contributed by atoms with van der Waals surface area (Å²) >= 11 is 10.3. The molecule has 17 heavy (non-hydrogen) atoms. The number of aryl methyl sites for hydroxylation is 1. The minimum Gasteiger partial charge on any atom is -0.394 e. The molecule has 1 heterocycles. The monoisotopic (exact) mass is 273 g/mol. The summed E-state index contributed by atoms with van der Waals surface area (Å²) < 4.78 is 0. The van der Waals surface area contributed by atoms with Crippen molar-refractivity contribution in [3.8, 4) is 0 Å². The Hall–Kier alpha value is -0.520. The molecule has 0 atom stereocenters. The number of nitrogens with zero attached hydrogens (tertiary/aromatic N) is 2. The van der Waals surface area contributed by atoms with E-state index in [-0.39, 0.29) is 17.4 Å². The standard InChI is InChI=1S/C11H16ClN3OS/c1-2-7-8(17)9(14-10(12)13-7)15-11(6-16)4-3-5-11/h16-17H,2-6H2,1H3,(H,13,14,15). The van der Waals surface area contributed by atoms with E-state index in [2.05, 4.69) is 27.9 Å². The van der Waals surface area contributed by atoms with Crippen molar-refractivity contribution in [2.24, 2.45) is 0 Å². The zero-order chi connectivity index (χ0) is 12.5. The molecule has 1 aromatic rings. The predicted octanol–water partition coefficient (Wildman–Crippen LogP) is 2.31. The van der Waals surface area contributed by atoms with Crippen LogP contribution in [0.1, 0.15) is 31.9 Å². The summed E-state index contributed by atoms with van der Waals surface area (Å²) in [5.74, 6) is 0.624. The van der Waals surface area contributed by atoms with E-state index in [0.29, 0.717) is 5.82 Å². The molecule has 1 fully saturated rings. The number of hydrogen-bond acceptors (Lipinski definition) is 5. The van der Waals surface area contributed by atoms with Crippen LogP contribution in [0.4, 0.5) is 5.82 Å². The molecule has 0 amide bonds. The van der Waals surface area contributed by atoms with Gasteiger partial charge in [0.2, 0.25) is 5.28 Å². The lowest BCUT2D eigenvalue weighted by molar-refractivity contribution is 0.143. The van der Waals surface area contributed by atoms with E-state index >= 15 is 0 Å². The van der Waals surface area contributed by atoms with Crippen molar-refractivity contribution in [3.63, 3.8) is 0 Å². The quantitative estimate of drug-likeness (QED) is 0.582. The van der Waals surface area contributed by atoms with Gasteiger partial charge in [0, 0.05) is 0 Å². The molecular formula is C11H16ClN3OS. The van der Waals surface area contributed by atoms with Crippen LogP contribution in [0, 0.1) is 0 Å². The largest absolute Gasteiger partial charge is 0.394 e. The maximum Gasteiger partial charge on any atom is 0.224 e. The molecule has 0 bridgehead atoms. The Kier molecular flexibility index (Phi) is 3.80. The molecule has 1 aromatic heterocycles. The van der Waals surface area contributed by atoms with E-state index in [1.165, 1.54) is 0 Å². The van der Waals surface area contributed by atoms with Gasteiger partial charge in [-0.2, -0.15) is 4.98 Å². The molecule has 94 valence electrons. The first kappa shape index (κ1) is 12.9. The Morgan fingerprint density at radius 3 is 2.65 bits per heavy atom.